The highest BCUT2D eigenvalue weighted by Crippen LogP contribution is 2.32. The Kier molecular flexibility index (Phi) is 25.1. The van der Waals surface area contributed by atoms with Crippen LogP contribution in [0.2, 0.25) is 0 Å². The summed E-state index contributed by atoms with van der Waals surface area (Å²) in [5.74, 6) is -0.308. The van der Waals surface area contributed by atoms with Gasteiger partial charge in [-0.1, -0.05) is 82.4 Å². The molecule has 61 heavy (non-hydrogen) atoms. The Hall–Kier alpha value is -1.99. The normalized spacial score (nSPS) is 35.9. The topological polar surface area (TPSA) is 307 Å². The first kappa shape index (κ1) is 53.3. The smallest absolute Gasteiger partial charge is 0.220 e. The lowest BCUT2D eigenvalue weighted by molar-refractivity contribution is -0.379. The van der Waals surface area contributed by atoms with Crippen LogP contribution in [0.25, 0.3) is 0 Å². The molecule has 17 unspecified atom stereocenters. The fraction of sp³-hybridized carbons (Fsp3) is 0.833. The van der Waals surface area contributed by atoms with E-state index in [0.29, 0.717) is 12.8 Å². The molecular formula is C42H73NO18. The molecule has 0 spiro atoms. The Labute approximate surface area is 358 Å². The molecule has 0 bridgehead atoms. The summed E-state index contributed by atoms with van der Waals surface area (Å²) in [5, 5.41) is 118. The average molecular weight is 880 g/mol. The molecule has 0 aliphatic carbocycles. The van der Waals surface area contributed by atoms with E-state index in [0.717, 1.165) is 57.8 Å². The van der Waals surface area contributed by atoms with Gasteiger partial charge in [0.2, 0.25) is 5.91 Å². The van der Waals surface area contributed by atoms with Gasteiger partial charge in [0.15, 0.2) is 18.9 Å². The van der Waals surface area contributed by atoms with Crippen molar-refractivity contribution in [3.63, 3.8) is 0 Å². The summed E-state index contributed by atoms with van der Waals surface area (Å²) in [6.07, 6.45) is -4.20. The summed E-state index contributed by atoms with van der Waals surface area (Å²) in [7, 11) is 0. The zero-order valence-corrected chi connectivity index (χ0v) is 35.4. The second-order valence-corrected chi connectivity index (χ2v) is 15.8. The van der Waals surface area contributed by atoms with Gasteiger partial charge < -0.3 is 89.9 Å². The van der Waals surface area contributed by atoms with E-state index < -0.39 is 124 Å². The maximum Gasteiger partial charge on any atom is 0.220 e. The van der Waals surface area contributed by atoms with Crippen LogP contribution in [-0.4, -0.2) is 193 Å². The van der Waals surface area contributed by atoms with Gasteiger partial charge in [-0.15, -0.1) is 0 Å². The molecule has 19 nitrogen and oxygen atoms in total. The van der Waals surface area contributed by atoms with E-state index in [-0.39, 0.29) is 18.9 Å². The Morgan fingerprint density at radius 3 is 1.67 bits per heavy atom. The zero-order valence-electron chi connectivity index (χ0n) is 35.4. The van der Waals surface area contributed by atoms with Crippen LogP contribution in [0.3, 0.4) is 0 Å². The monoisotopic (exact) mass is 879 g/mol. The minimum Gasteiger partial charge on any atom is -0.394 e. The Morgan fingerprint density at radius 2 is 1.08 bits per heavy atom. The van der Waals surface area contributed by atoms with Crippen LogP contribution in [0.1, 0.15) is 90.9 Å². The van der Waals surface area contributed by atoms with Crippen molar-refractivity contribution in [2.75, 3.05) is 26.4 Å². The molecule has 0 saturated carbocycles. The number of hydrogen-bond donors (Lipinski definition) is 12. The molecule has 354 valence electrons. The van der Waals surface area contributed by atoms with Crippen LogP contribution in [-0.2, 0) is 33.2 Å². The van der Waals surface area contributed by atoms with Crippen LogP contribution in [0.4, 0.5) is 0 Å². The van der Waals surface area contributed by atoms with Crippen LogP contribution < -0.4 is 5.32 Å². The molecule has 3 heterocycles. The summed E-state index contributed by atoms with van der Waals surface area (Å²) < 4.78 is 33.7. The third-order valence-electron chi connectivity index (χ3n) is 10.9. The number of hydrogen-bond acceptors (Lipinski definition) is 18. The Balaban J connectivity index is 1.54. The van der Waals surface area contributed by atoms with E-state index in [1.165, 1.54) is 6.08 Å². The third-order valence-corrected chi connectivity index (χ3v) is 10.9. The molecule has 3 saturated heterocycles. The summed E-state index contributed by atoms with van der Waals surface area (Å²) in [6.45, 7) is 1.33. The van der Waals surface area contributed by atoms with Crippen molar-refractivity contribution in [3.05, 3.63) is 36.5 Å². The third kappa shape index (κ3) is 16.5. The highest BCUT2D eigenvalue weighted by molar-refractivity contribution is 5.76. The number of ether oxygens (including phenoxy) is 6. The highest BCUT2D eigenvalue weighted by atomic mass is 16.8. The number of aliphatic hydroxyl groups excluding tert-OH is 11. The van der Waals surface area contributed by atoms with E-state index in [9.17, 15) is 61.0 Å². The molecule has 3 fully saturated rings. The molecule has 0 aromatic carbocycles. The first-order valence-electron chi connectivity index (χ1n) is 21.7. The minimum atomic E-state index is -1.97. The summed E-state index contributed by atoms with van der Waals surface area (Å²) in [5.41, 5.74) is 0. The summed E-state index contributed by atoms with van der Waals surface area (Å²) in [6, 6.07) is -0.973. The molecule has 1 amide bonds. The van der Waals surface area contributed by atoms with Gasteiger partial charge in [0.1, 0.15) is 73.2 Å². The number of aliphatic hydroxyl groups is 11. The second-order valence-electron chi connectivity index (χ2n) is 15.8. The van der Waals surface area contributed by atoms with Gasteiger partial charge in [0, 0.05) is 6.42 Å². The number of carbonyl (C=O) groups is 1. The maximum atomic E-state index is 13.0. The molecule has 0 aromatic heterocycles. The summed E-state index contributed by atoms with van der Waals surface area (Å²) in [4.78, 5) is 13.0. The van der Waals surface area contributed by atoms with Gasteiger partial charge in [-0.25, -0.2) is 0 Å². The SMILES string of the molecule is CCC/C=C\C/C=C\CCCCCCCC(=O)NC(COC1OC(CO)C(OC2OC(CO)C(OC3OC(CO)C(O)C(O)C3O)C(O)C2O)C(O)C1O)C(O)/C=C/CCC. The molecular weight excluding hydrogens is 806 g/mol. The number of unbranched alkanes of at least 4 members (excludes halogenated alkanes) is 7. The summed E-state index contributed by atoms with van der Waals surface area (Å²) >= 11 is 0. The first-order chi connectivity index (χ1) is 29.3. The van der Waals surface area contributed by atoms with Crippen molar-refractivity contribution in [3.8, 4) is 0 Å². The fourth-order valence-corrected chi connectivity index (χ4v) is 7.17. The van der Waals surface area contributed by atoms with E-state index in [4.69, 9.17) is 28.4 Å². The van der Waals surface area contributed by atoms with Crippen molar-refractivity contribution in [1.29, 1.82) is 0 Å². The van der Waals surface area contributed by atoms with E-state index in [2.05, 4.69) is 36.5 Å². The number of nitrogens with one attached hydrogen (secondary N) is 1. The lowest BCUT2D eigenvalue weighted by Gasteiger charge is -2.48. The molecule has 19 heteroatoms. The molecule has 17 atom stereocenters. The van der Waals surface area contributed by atoms with Crippen LogP contribution in [0.15, 0.2) is 36.5 Å². The molecule has 3 aliphatic heterocycles. The van der Waals surface area contributed by atoms with Gasteiger partial charge in [-0.2, -0.15) is 0 Å². The van der Waals surface area contributed by atoms with E-state index in [1.807, 2.05) is 6.92 Å². The van der Waals surface area contributed by atoms with Gasteiger partial charge in [0.05, 0.1) is 38.6 Å². The van der Waals surface area contributed by atoms with E-state index >= 15 is 0 Å². The van der Waals surface area contributed by atoms with Crippen LogP contribution >= 0.6 is 0 Å². The highest BCUT2D eigenvalue weighted by Gasteiger charge is 2.53. The van der Waals surface area contributed by atoms with Crippen molar-refractivity contribution in [1.82, 2.24) is 5.32 Å². The lowest BCUT2D eigenvalue weighted by Crippen LogP contribution is -2.66. The van der Waals surface area contributed by atoms with Gasteiger partial charge in [-0.3, -0.25) is 4.79 Å². The maximum absolute atomic E-state index is 13.0. The van der Waals surface area contributed by atoms with Crippen LogP contribution in [0, 0.1) is 0 Å². The number of allylic oxidation sites excluding steroid dienone is 5. The molecule has 0 aromatic rings. The Morgan fingerprint density at radius 1 is 0.590 bits per heavy atom. The molecule has 0 radical (unpaired) electrons. The van der Waals surface area contributed by atoms with Crippen molar-refractivity contribution in [2.45, 2.75) is 195 Å². The van der Waals surface area contributed by atoms with Gasteiger partial charge in [0.25, 0.3) is 0 Å². The van der Waals surface area contributed by atoms with Crippen molar-refractivity contribution < 1.29 is 89.4 Å². The fourth-order valence-electron chi connectivity index (χ4n) is 7.17. The largest absolute Gasteiger partial charge is 0.394 e. The number of amides is 1. The van der Waals surface area contributed by atoms with Crippen molar-refractivity contribution >= 4 is 5.91 Å². The van der Waals surface area contributed by atoms with Crippen molar-refractivity contribution in [2.24, 2.45) is 0 Å². The molecule has 3 rings (SSSR count). The number of rotatable bonds is 27. The lowest BCUT2D eigenvalue weighted by atomic mass is 9.96. The predicted octanol–water partition coefficient (Wildman–Crippen LogP) is -1.31. The number of carbonyl (C=O) groups excluding carboxylic acids is 1. The minimum absolute atomic E-state index is 0.223. The molecule has 3 aliphatic rings. The average Bonchev–Trinajstić information content (AvgIpc) is 3.25. The zero-order chi connectivity index (χ0) is 44.9. The van der Waals surface area contributed by atoms with Gasteiger partial charge in [-0.05, 0) is 38.5 Å². The predicted molar refractivity (Wildman–Crippen MR) is 217 cm³/mol. The standard InChI is InChI=1S/C42H73NO18/c1-3-5-7-8-9-10-11-12-13-14-15-16-18-20-30(48)43-25(26(47)19-17-6-4-2)24-56-40-36(54)33(51)38(28(22-45)58-40)61-42-37(55)34(52)39(29(23-46)59-42)60-41-35(53)32(50)31(49)27(21-44)57-41/h7-8,10-11,17,19,25-29,31-42,44-47,49-55H,3-6,9,12-16,18,20-24H2,1-2H3,(H,43,48)/b8-7-,11-10-,19-17+. The second kappa shape index (κ2) is 28.7. The molecule has 12 N–H and O–H groups in total. The quantitative estimate of drug-likeness (QED) is 0.0337. The first-order valence-corrected chi connectivity index (χ1v) is 21.7. The van der Waals surface area contributed by atoms with Crippen LogP contribution in [0.5, 0.6) is 0 Å². The Bertz CT molecular complexity index is 1290. The van der Waals surface area contributed by atoms with Gasteiger partial charge >= 0.3 is 0 Å². The van der Waals surface area contributed by atoms with E-state index in [1.54, 1.807) is 6.08 Å².